The average molecular weight is 297 g/mol. The smallest absolute Gasteiger partial charge is 0.0304 e. The molecule has 1 aromatic rings. The lowest BCUT2D eigenvalue weighted by Gasteiger charge is -2.26. The Morgan fingerprint density at radius 1 is 1.30 bits per heavy atom. The van der Waals surface area contributed by atoms with Crippen molar-refractivity contribution in [1.82, 2.24) is 10.2 Å². The highest BCUT2D eigenvalue weighted by Crippen LogP contribution is 2.24. The summed E-state index contributed by atoms with van der Waals surface area (Å²) in [4.78, 5) is 5.49. The normalized spacial score (nSPS) is 14.0. The van der Waals surface area contributed by atoms with E-state index in [1.807, 2.05) is 11.3 Å². The first-order valence-corrected chi connectivity index (χ1v) is 8.65. The quantitative estimate of drug-likeness (QED) is 0.793. The summed E-state index contributed by atoms with van der Waals surface area (Å²) in [7, 11) is 0. The fraction of sp³-hybridized carbons (Fsp3) is 0.765. The topological polar surface area (TPSA) is 15.3 Å². The Balaban J connectivity index is 2.69. The zero-order chi connectivity index (χ0) is 15.3. The van der Waals surface area contributed by atoms with Gasteiger partial charge in [-0.25, -0.2) is 0 Å². The minimum Gasteiger partial charge on any atom is -0.307 e. The van der Waals surface area contributed by atoms with Crippen LogP contribution in [0.2, 0.25) is 0 Å². The molecule has 0 aromatic carbocycles. The molecule has 0 saturated carbocycles. The van der Waals surface area contributed by atoms with E-state index in [9.17, 15) is 0 Å². The molecule has 116 valence electrons. The SMILES string of the molecule is CCC(C)N(CC)Cc1cc(CNC(C)(C)C)sc1C. The van der Waals surface area contributed by atoms with Crippen LogP contribution in [-0.2, 0) is 13.1 Å². The molecule has 0 aliphatic heterocycles. The van der Waals surface area contributed by atoms with Crippen LogP contribution in [0.1, 0.15) is 63.3 Å². The van der Waals surface area contributed by atoms with E-state index in [2.05, 4.69) is 64.7 Å². The molecule has 0 radical (unpaired) electrons. The number of thiophene rings is 1. The van der Waals surface area contributed by atoms with Crippen molar-refractivity contribution in [2.75, 3.05) is 6.54 Å². The molecule has 0 aliphatic carbocycles. The van der Waals surface area contributed by atoms with Crippen molar-refractivity contribution >= 4 is 11.3 Å². The molecule has 1 heterocycles. The Kier molecular flexibility index (Phi) is 6.70. The van der Waals surface area contributed by atoms with Crippen LogP contribution in [0.25, 0.3) is 0 Å². The van der Waals surface area contributed by atoms with Crippen LogP contribution in [0.5, 0.6) is 0 Å². The van der Waals surface area contributed by atoms with Gasteiger partial charge in [0.1, 0.15) is 0 Å². The summed E-state index contributed by atoms with van der Waals surface area (Å²) in [5, 5.41) is 3.58. The number of nitrogens with one attached hydrogen (secondary N) is 1. The van der Waals surface area contributed by atoms with Crippen molar-refractivity contribution in [3.05, 3.63) is 21.4 Å². The molecular weight excluding hydrogens is 264 g/mol. The molecule has 1 rings (SSSR count). The number of hydrogen-bond acceptors (Lipinski definition) is 3. The third kappa shape index (κ3) is 5.55. The van der Waals surface area contributed by atoms with Gasteiger partial charge in [-0.1, -0.05) is 13.8 Å². The van der Waals surface area contributed by atoms with Gasteiger partial charge in [-0.3, -0.25) is 4.90 Å². The first-order valence-electron chi connectivity index (χ1n) is 7.84. The van der Waals surface area contributed by atoms with Crippen molar-refractivity contribution in [3.63, 3.8) is 0 Å². The van der Waals surface area contributed by atoms with Gasteiger partial charge in [-0.15, -0.1) is 11.3 Å². The molecule has 0 amide bonds. The van der Waals surface area contributed by atoms with E-state index in [1.165, 1.54) is 21.7 Å². The second kappa shape index (κ2) is 7.58. The van der Waals surface area contributed by atoms with E-state index >= 15 is 0 Å². The number of hydrogen-bond donors (Lipinski definition) is 1. The van der Waals surface area contributed by atoms with Gasteiger partial charge in [0.25, 0.3) is 0 Å². The highest BCUT2D eigenvalue weighted by atomic mass is 32.1. The van der Waals surface area contributed by atoms with Crippen LogP contribution < -0.4 is 5.32 Å². The summed E-state index contributed by atoms with van der Waals surface area (Å²) in [5.41, 5.74) is 1.69. The molecule has 2 nitrogen and oxygen atoms in total. The van der Waals surface area contributed by atoms with E-state index < -0.39 is 0 Å². The molecule has 0 saturated heterocycles. The largest absolute Gasteiger partial charge is 0.307 e. The minimum atomic E-state index is 0.185. The Bertz CT molecular complexity index is 404. The highest BCUT2D eigenvalue weighted by molar-refractivity contribution is 7.12. The van der Waals surface area contributed by atoms with Gasteiger partial charge < -0.3 is 5.32 Å². The Morgan fingerprint density at radius 2 is 1.95 bits per heavy atom. The molecular formula is C17H32N2S. The second-order valence-corrected chi connectivity index (χ2v) is 8.06. The molecule has 0 fully saturated rings. The van der Waals surface area contributed by atoms with Crippen LogP contribution in [0, 0.1) is 6.92 Å². The number of rotatable bonds is 7. The number of aryl methyl sites for hydroxylation is 1. The summed E-state index contributed by atoms with van der Waals surface area (Å²) in [6, 6.07) is 3.06. The molecule has 1 atom stereocenters. The van der Waals surface area contributed by atoms with E-state index in [4.69, 9.17) is 0 Å². The van der Waals surface area contributed by atoms with E-state index in [0.717, 1.165) is 19.6 Å². The standard InChI is InChI=1S/C17H32N2S/c1-8-13(3)19(9-2)12-15-10-16(20-14(15)4)11-18-17(5,6)7/h10,13,18H,8-9,11-12H2,1-7H3. The zero-order valence-electron chi connectivity index (χ0n) is 14.3. The summed E-state index contributed by atoms with van der Waals surface area (Å²) in [6.07, 6.45) is 1.22. The van der Waals surface area contributed by atoms with Gasteiger partial charge in [-0.05, 0) is 59.2 Å². The first kappa shape index (κ1) is 17.7. The van der Waals surface area contributed by atoms with Crippen LogP contribution in [0.15, 0.2) is 6.07 Å². The Labute approximate surface area is 129 Å². The van der Waals surface area contributed by atoms with Crippen molar-refractivity contribution in [2.45, 2.75) is 79.6 Å². The molecule has 0 bridgehead atoms. The van der Waals surface area contributed by atoms with E-state index in [-0.39, 0.29) is 5.54 Å². The predicted octanol–water partition coefficient (Wildman–Crippen LogP) is 4.57. The van der Waals surface area contributed by atoms with Gasteiger partial charge in [0.15, 0.2) is 0 Å². The van der Waals surface area contributed by atoms with Crippen molar-refractivity contribution in [2.24, 2.45) is 0 Å². The van der Waals surface area contributed by atoms with E-state index in [0.29, 0.717) is 6.04 Å². The van der Waals surface area contributed by atoms with Gasteiger partial charge in [0.05, 0.1) is 0 Å². The van der Waals surface area contributed by atoms with Gasteiger partial charge in [0.2, 0.25) is 0 Å². The molecule has 3 heteroatoms. The second-order valence-electron chi connectivity index (χ2n) is 6.72. The lowest BCUT2D eigenvalue weighted by atomic mass is 10.1. The zero-order valence-corrected chi connectivity index (χ0v) is 15.2. The van der Waals surface area contributed by atoms with Crippen LogP contribution in [0.4, 0.5) is 0 Å². The number of nitrogens with zero attached hydrogens (tertiary/aromatic N) is 1. The monoisotopic (exact) mass is 296 g/mol. The maximum atomic E-state index is 3.58. The fourth-order valence-electron chi connectivity index (χ4n) is 2.24. The Morgan fingerprint density at radius 3 is 2.45 bits per heavy atom. The van der Waals surface area contributed by atoms with Crippen molar-refractivity contribution in [1.29, 1.82) is 0 Å². The predicted molar refractivity (Wildman–Crippen MR) is 91.5 cm³/mol. The minimum absolute atomic E-state index is 0.185. The molecule has 0 spiro atoms. The molecule has 20 heavy (non-hydrogen) atoms. The maximum Gasteiger partial charge on any atom is 0.0304 e. The van der Waals surface area contributed by atoms with Crippen molar-refractivity contribution in [3.8, 4) is 0 Å². The fourth-order valence-corrected chi connectivity index (χ4v) is 3.23. The maximum absolute atomic E-state index is 3.58. The lowest BCUT2D eigenvalue weighted by molar-refractivity contribution is 0.206. The lowest BCUT2D eigenvalue weighted by Crippen LogP contribution is -2.34. The van der Waals surface area contributed by atoms with Crippen LogP contribution in [-0.4, -0.2) is 23.0 Å². The Hall–Kier alpha value is -0.380. The third-order valence-electron chi connectivity index (χ3n) is 3.86. The summed E-state index contributed by atoms with van der Waals surface area (Å²) >= 11 is 1.94. The van der Waals surface area contributed by atoms with Crippen molar-refractivity contribution < 1.29 is 0 Å². The van der Waals surface area contributed by atoms with Crippen LogP contribution >= 0.6 is 11.3 Å². The van der Waals surface area contributed by atoms with Gasteiger partial charge in [0, 0.05) is 34.4 Å². The third-order valence-corrected chi connectivity index (χ3v) is 4.95. The summed E-state index contributed by atoms with van der Waals surface area (Å²) < 4.78 is 0. The first-order chi connectivity index (χ1) is 9.26. The summed E-state index contributed by atoms with van der Waals surface area (Å²) in [5.74, 6) is 0. The average Bonchev–Trinajstić information content (AvgIpc) is 2.72. The van der Waals surface area contributed by atoms with Crippen LogP contribution in [0.3, 0.4) is 0 Å². The summed E-state index contributed by atoms with van der Waals surface area (Å²) in [6.45, 7) is 19.0. The molecule has 1 aromatic heterocycles. The molecule has 1 unspecified atom stereocenters. The highest BCUT2D eigenvalue weighted by Gasteiger charge is 2.15. The van der Waals surface area contributed by atoms with Gasteiger partial charge in [-0.2, -0.15) is 0 Å². The van der Waals surface area contributed by atoms with E-state index in [1.54, 1.807) is 0 Å². The molecule has 0 aliphatic rings. The molecule has 1 N–H and O–H groups in total. The van der Waals surface area contributed by atoms with Gasteiger partial charge >= 0.3 is 0 Å².